The van der Waals surface area contributed by atoms with Gasteiger partial charge >= 0.3 is 0 Å². The number of carbonyl (C=O) groups is 1. The van der Waals surface area contributed by atoms with Crippen LogP contribution in [-0.2, 0) is 0 Å². The highest BCUT2D eigenvalue weighted by molar-refractivity contribution is 6.04. The normalized spacial score (nSPS) is 12.6. The molecule has 3 heterocycles. The number of aryl methyl sites for hydroxylation is 1. The standard InChI is InChI=1S/C16H13N3O3/c1-10-7-19-8-12(3-5-15(19)17-10)18-16(20)11-2-4-13-14(6-11)22-9-21-13/h2-8H,9H2,1H3,(H,18,20). The van der Waals surface area contributed by atoms with E-state index in [2.05, 4.69) is 10.3 Å². The van der Waals surface area contributed by atoms with Gasteiger partial charge in [0.1, 0.15) is 5.65 Å². The first-order valence-electron chi connectivity index (χ1n) is 6.85. The fourth-order valence-electron chi connectivity index (χ4n) is 2.43. The van der Waals surface area contributed by atoms with E-state index in [1.165, 1.54) is 0 Å². The Labute approximate surface area is 126 Å². The van der Waals surface area contributed by atoms with E-state index in [1.807, 2.05) is 35.9 Å². The number of amides is 1. The Bertz CT molecular complexity index is 885. The van der Waals surface area contributed by atoms with Crippen LogP contribution in [0.5, 0.6) is 11.5 Å². The molecule has 0 radical (unpaired) electrons. The summed E-state index contributed by atoms with van der Waals surface area (Å²) in [7, 11) is 0. The lowest BCUT2D eigenvalue weighted by Crippen LogP contribution is -2.12. The second kappa shape index (κ2) is 4.77. The lowest BCUT2D eigenvalue weighted by atomic mass is 10.2. The Balaban J connectivity index is 1.59. The molecule has 3 aromatic rings. The van der Waals surface area contributed by atoms with E-state index in [9.17, 15) is 4.79 Å². The third kappa shape index (κ3) is 2.14. The molecule has 0 aliphatic carbocycles. The number of fused-ring (bicyclic) bond motifs is 2. The lowest BCUT2D eigenvalue weighted by Gasteiger charge is -2.06. The number of benzene rings is 1. The molecule has 1 aliphatic rings. The summed E-state index contributed by atoms with van der Waals surface area (Å²) >= 11 is 0. The highest BCUT2D eigenvalue weighted by atomic mass is 16.7. The molecule has 0 saturated heterocycles. The van der Waals surface area contributed by atoms with E-state index in [0.29, 0.717) is 22.7 Å². The van der Waals surface area contributed by atoms with Crippen LogP contribution >= 0.6 is 0 Å². The molecule has 0 fully saturated rings. The number of hydrogen-bond acceptors (Lipinski definition) is 4. The molecule has 0 unspecified atom stereocenters. The predicted molar refractivity (Wildman–Crippen MR) is 80.4 cm³/mol. The second-order valence-electron chi connectivity index (χ2n) is 5.09. The summed E-state index contributed by atoms with van der Waals surface area (Å²) in [5.74, 6) is 1.05. The van der Waals surface area contributed by atoms with Crippen molar-refractivity contribution in [2.75, 3.05) is 12.1 Å². The maximum absolute atomic E-state index is 12.3. The molecule has 6 heteroatoms. The smallest absolute Gasteiger partial charge is 0.255 e. The first-order chi connectivity index (χ1) is 10.7. The number of anilines is 1. The van der Waals surface area contributed by atoms with Gasteiger partial charge in [-0.25, -0.2) is 4.98 Å². The van der Waals surface area contributed by atoms with Crippen molar-refractivity contribution in [1.29, 1.82) is 0 Å². The highest BCUT2D eigenvalue weighted by Gasteiger charge is 2.16. The molecule has 6 nitrogen and oxygen atoms in total. The molecule has 4 rings (SSSR count). The third-order valence-electron chi connectivity index (χ3n) is 3.46. The fourth-order valence-corrected chi connectivity index (χ4v) is 2.43. The van der Waals surface area contributed by atoms with Crippen LogP contribution in [0.1, 0.15) is 16.1 Å². The van der Waals surface area contributed by atoms with Crippen LogP contribution in [0.3, 0.4) is 0 Å². The molecular weight excluding hydrogens is 282 g/mol. The van der Waals surface area contributed by atoms with Gasteiger partial charge in [-0.3, -0.25) is 4.79 Å². The van der Waals surface area contributed by atoms with Gasteiger partial charge in [0.15, 0.2) is 11.5 Å². The molecule has 110 valence electrons. The minimum atomic E-state index is -0.200. The molecule has 0 spiro atoms. The summed E-state index contributed by atoms with van der Waals surface area (Å²) in [5, 5.41) is 2.87. The molecule has 1 aromatic carbocycles. The van der Waals surface area contributed by atoms with E-state index in [4.69, 9.17) is 9.47 Å². The van der Waals surface area contributed by atoms with Crippen molar-refractivity contribution in [2.24, 2.45) is 0 Å². The number of ether oxygens (including phenoxy) is 2. The van der Waals surface area contributed by atoms with Gasteiger partial charge in [-0.2, -0.15) is 0 Å². The molecule has 0 atom stereocenters. The van der Waals surface area contributed by atoms with E-state index in [1.54, 1.807) is 18.2 Å². The summed E-state index contributed by atoms with van der Waals surface area (Å²) < 4.78 is 12.4. The predicted octanol–water partition coefficient (Wildman–Crippen LogP) is 2.62. The molecular formula is C16H13N3O3. The minimum Gasteiger partial charge on any atom is -0.454 e. The van der Waals surface area contributed by atoms with Crippen LogP contribution in [-0.4, -0.2) is 22.1 Å². The van der Waals surface area contributed by atoms with E-state index >= 15 is 0 Å². The van der Waals surface area contributed by atoms with Crippen LogP contribution in [0.25, 0.3) is 5.65 Å². The summed E-state index contributed by atoms with van der Waals surface area (Å²) in [6.07, 6.45) is 3.74. The molecule has 1 N–H and O–H groups in total. The van der Waals surface area contributed by atoms with Gasteiger partial charge in [0.05, 0.1) is 11.4 Å². The molecule has 0 bridgehead atoms. The Hall–Kier alpha value is -3.02. The van der Waals surface area contributed by atoms with Gasteiger partial charge in [-0.15, -0.1) is 0 Å². The molecule has 0 saturated carbocycles. The number of pyridine rings is 1. The molecule has 1 aliphatic heterocycles. The van der Waals surface area contributed by atoms with Crippen LogP contribution in [0.4, 0.5) is 5.69 Å². The summed E-state index contributed by atoms with van der Waals surface area (Å²) in [6, 6.07) is 8.81. The number of aromatic nitrogens is 2. The minimum absolute atomic E-state index is 0.192. The Kier molecular flexibility index (Phi) is 2.75. The quantitative estimate of drug-likeness (QED) is 0.789. The number of nitrogens with zero attached hydrogens (tertiary/aromatic N) is 2. The number of nitrogens with one attached hydrogen (secondary N) is 1. The number of imidazole rings is 1. The van der Waals surface area contributed by atoms with Gasteiger partial charge in [-0.05, 0) is 37.3 Å². The van der Waals surface area contributed by atoms with Gasteiger partial charge < -0.3 is 19.2 Å². The maximum atomic E-state index is 12.3. The van der Waals surface area contributed by atoms with Crippen molar-refractivity contribution in [2.45, 2.75) is 6.92 Å². The fraction of sp³-hybridized carbons (Fsp3) is 0.125. The zero-order valence-electron chi connectivity index (χ0n) is 11.9. The molecule has 2 aromatic heterocycles. The van der Waals surface area contributed by atoms with Crippen molar-refractivity contribution in [3.05, 3.63) is 54.0 Å². The van der Waals surface area contributed by atoms with Crippen LogP contribution in [0, 0.1) is 6.92 Å². The topological polar surface area (TPSA) is 64.9 Å². The number of carbonyl (C=O) groups excluding carboxylic acids is 1. The molecule has 1 amide bonds. The average Bonchev–Trinajstić information content (AvgIpc) is 3.10. The maximum Gasteiger partial charge on any atom is 0.255 e. The molecule has 22 heavy (non-hydrogen) atoms. The zero-order valence-corrected chi connectivity index (χ0v) is 11.9. The van der Waals surface area contributed by atoms with E-state index < -0.39 is 0 Å². The van der Waals surface area contributed by atoms with Crippen LogP contribution < -0.4 is 14.8 Å². The van der Waals surface area contributed by atoms with Crippen molar-refractivity contribution >= 4 is 17.2 Å². The van der Waals surface area contributed by atoms with Crippen LogP contribution in [0.15, 0.2) is 42.7 Å². The summed E-state index contributed by atoms with van der Waals surface area (Å²) in [4.78, 5) is 16.7. The number of hydrogen-bond donors (Lipinski definition) is 1. The first-order valence-corrected chi connectivity index (χ1v) is 6.85. The second-order valence-corrected chi connectivity index (χ2v) is 5.09. The highest BCUT2D eigenvalue weighted by Crippen LogP contribution is 2.32. The van der Waals surface area contributed by atoms with Gasteiger partial charge in [0.25, 0.3) is 5.91 Å². The first kappa shape index (κ1) is 12.7. The monoisotopic (exact) mass is 295 g/mol. The third-order valence-corrected chi connectivity index (χ3v) is 3.46. The van der Waals surface area contributed by atoms with E-state index in [0.717, 1.165) is 11.3 Å². The Morgan fingerprint density at radius 1 is 1.18 bits per heavy atom. The van der Waals surface area contributed by atoms with Crippen molar-refractivity contribution in [3.8, 4) is 11.5 Å². The Morgan fingerprint density at radius 2 is 2.05 bits per heavy atom. The zero-order chi connectivity index (χ0) is 15.1. The van der Waals surface area contributed by atoms with E-state index in [-0.39, 0.29) is 12.7 Å². The van der Waals surface area contributed by atoms with Crippen LogP contribution in [0.2, 0.25) is 0 Å². The summed E-state index contributed by atoms with van der Waals surface area (Å²) in [6.45, 7) is 2.12. The van der Waals surface area contributed by atoms with Crippen molar-refractivity contribution in [1.82, 2.24) is 9.38 Å². The van der Waals surface area contributed by atoms with Gasteiger partial charge in [0.2, 0.25) is 6.79 Å². The average molecular weight is 295 g/mol. The largest absolute Gasteiger partial charge is 0.454 e. The lowest BCUT2D eigenvalue weighted by molar-refractivity contribution is 0.102. The van der Waals surface area contributed by atoms with Gasteiger partial charge in [-0.1, -0.05) is 0 Å². The Morgan fingerprint density at radius 3 is 2.95 bits per heavy atom. The van der Waals surface area contributed by atoms with Gasteiger partial charge in [0, 0.05) is 18.0 Å². The van der Waals surface area contributed by atoms with Crippen molar-refractivity contribution < 1.29 is 14.3 Å². The van der Waals surface area contributed by atoms with Crippen molar-refractivity contribution in [3.63, 3.8) is 0 Å². The SMILES string of the molecule is Cc1cn2cc(NC(=O)c3ccc4c(c3)OCO4)ccc2n1. The summed E-state index contributed by atoms with van der Waals surface area (Å²) in [5.41, 5.74) is 3.00. The number of rotatable bonds is 2.